The highest BCUT2D eigenvalue weighted by molar-refractivity contribution is 6.22. The minimum atomic E-state index is -0.767. The number of hydrogen-bond donors (Lipinski definition) is 1. The quantitative estimate of drug-likeness (QED) is 0.759. The van der Waals surface area contributed by atoms with Crippen molar-refractivity contribution < 1.29 is 23.5 Å². The van der Waals surface area contributed by atoms with Gasteiger partial charge in [-0.1, -0.05) is 6.07 Å². The number of fused-ring (bicyclic) bond motifs is 1. The van der Waals surface area contributed by atoms with E-state index in [9.17, 15) is 18.8 Å². The van der Waals surface area contributed by atoms with E-state index in [0.717, 1.165) is 24.1 Å². The Bertz CT molecular complexity index is 673. The second-order valence-electron chi connectivity index (χ2n) is 5.66. The largest absolute Gasteiger partial charge is 0.379 e. The van der Waals surface area contributed by atoms with Crippen molar-refractivity contribution in [3.05, 3.63) is 35.1 Å². The lowest BCUT2D eigenvalue weighted by Gasteiger charge is -2.26. The Labute approximate surface area is 138 Å². The lowest BCUT2D eigenvalue weighted by Crippen LogP contribution is -2.44. The molecule has 1 aromatic rings. The fraction of sp³-hybridized carbons (Fsp3) is 0.438. The molecule has 0 bridgehead atoms. The summed E-state index contributed by atoms with van der Waals surface area (Å²) in [6.45, 7) is 3.65. The van der Waals surface area contributed by atoms with Crippen molar-refractivity contribution in [2.24, 2.45) is 0 Å². The number of rotatable bonds is 5. The molecule has 128 valence electrons. The minimum absolute atomic E-state index is 0.00103. The van der Waals surface area contributed by atoms with Crippen LogP contribution in [-0.2, 0) is 9.53 Å². The zero-order valence-electron chi connectivity index (χ0n) is 13.1. The van der Waals surface area contributed by atoms with E-state index in [4.69, 9.17) is 4.74 Å². The molecule has 0 unspecified atom stereocenters. The van der Waals surface area contributed by atoms with Crippen molar-refractivity contribution in [2.75, 3.05) is 45.9 Å². The molecule has 2 heterocycles. The zero-order valence-corrected chi connectivity index (χ0v) is 13.1. The van der Waals surface area contributed by atoms with Crippen LogP contribution >= 0.6 is 0 Å². The number of halogens is 1. The number of amides is 3. The molecule has 3 amide bonds. The highest BCUT2D eigenvalue weighted by Gasteiger charge is 2.38. The third kappa shape index (κ3) is 3.29. The summed E-state index contributed by atoms with van der Waals surface area (Å²) < 4.78 is 19.0. The van der Waals surface area contributed by atoms with Gasteiger partial charge in [-0.3, -0.25) is 24.2 Å². The summed E-state index contributed by atoms with van der Waals surface area (Å²) in [7, 11) is 0. The highest BCUT2D eigenvalue weighted by Crippen LogP contribution is 2.24. The molecule has 0 aromatic heterocycles. The molecule has 3 rings (SSSR count). The van der Waals surface area contributed by atoms with Gasteiger partial charge in [0.05, 0.1) is 24.3 Å². The Morgan fingerprint density at radius 2 is 1.96 bits per heavy atom. The van der Waals surface area contributed by atoms with Gasteiger partial charge in [0.1, 0.15) is 12.4 Å². The fourth-order valence-corrected chi connectivity index (χ4v) is 2.81. The molecule has 7 nitrogen and oxygen atoms in total. The lowest BCUT2D eigenvalue weighted by molar-refractivity contribution is -0.121. The van der Waals surface area contributed by atoms with Gasteiger partial charge >= 0.3 is 0 Å². The monoisotopic (exact) mass is 335 g/mol. The van der Waals surface area contributed by atoms with E-state index in [1.807, 2.05) is 0 Å². The molecule has 1 aromatic carbocycles. The molecule has 24 heavy (non-hydrogen) atoms. The maximum absolute atomic E-state index is 13.7. The van der Waals surface area contributed by atoms with Gasteiger partial charge in [-0.05, 0) is 12.1 Å². The van der Waals surface area contributed by atoms with E-state index >= 15 is 0 Å². The summed E-state index contributed by atoms with van der Waals surface area (Å²) in [6.07, 6.45) is 0. The van der Waals surface area contributed by atoms with Crippen LogP contribution in [0.3, 0.4) is 0 Å². The zero-order chi connectivity index (χ0) is 17.1. The number of benzene rings is 1. The van der Waals surface area contributed by atoms with Crippen LogP contribution in [0.15, 0.2) is 18.2 Å². The number of imide groups is 1. The molecule has 2 aliphatic heterocycles. The molecular weight excluding hydrogens is 317 g/mol. The van der Waals surface area contributed by atoms with Crippen molar-refractivity contribution in [2.45, 2.75) is 0 Å². The van der Waals surface area contributed by atoms with E-state index < -0.39 is 30.1 Å². The third-order valence-corrected chi connectivity index (χ3v) is 4.10. The number of morpholine rings is 1. The van der Waals surface area contributed by atoms with Gasteiger partial charge in [-0.25, -0.2) is 4.39 Å². The summed E-state index contributed by atoms with van der Waals surface area (Å²) in [5.41, 5.74) is -0.260. The molecule has 1 N–H and O–H groups in total. The van der Waals surface area contributed by atoms with Gasteiger partial charge in [0.2, 0.25) is 5.91 Å². The molecule has 0 radical (unpaired) electrons. The van der Waals surface area contributed by atoms with E-state index in [2.05, 4.69) is 10.2 Å². The van der Waals surface area contributed by atoms with Crippen molar-refractivity contribution in [1.82, 2.24) is 15.1 Å². The maximum Gasteiger partial charge on any atom is 0.265 e. The first-order valence-corrected chi connectivity index (χ1v) is 7.79. The fourth-order valence-electron chi connectivity index (χ4n) is 2.81. The van der Waals surface area contributed by atoms with E-state index in [1.165, 1.54) is 12.1 Å². The van der Waals surface area contributed by atoms with Gasteiger partial charge in [0.15, 0.2) is 0 Å². The van der Waals surface area contributed by atoms with Crippen LogP contribution in [0.1, 0.15) is 20.7 Å². The number of nitrogens with one attached hydrogen (secondary N) is 1. The van der Waals surface area contributed by atoms with E-state index in [-0.39, 0.29) is 11.1 Å². The van der Waals surface area contributed by atoms with Crippen molar-refractivity contribution in [3.63, 3.8) is 0 Å². The Morgan fingerprint density at radius 1 is 1.21 bits per heavy atom. The Hall–Kier alpha value is -2.32. The molecule has 1 saturated heterocycles. The van der Waals surface area contributed by atoms with Crippen molar-refractivity contribution in [3.8, 4) is 0 Å². The highest BCUT2D eigenvalue weighted by atomic mass is 19.1. The molecule has 0 saturated carbocycles. The molecule has 0 spiro atoms. The van der Waals surface area contributed by atoms with Crippen LogP contribution in [0.5, 0.6) is 0 Å². The van der Waals surface area contributed by atoms with Gasteiger partial charge in [0, 0.05) is 26.2 Å². The molecule has 1 fully saturated rings. The van der Waals surface area contributed by atoms with Gasteiger partial charge < -0.3 is 10.1 Å². The second-order valence-corrected chi connectivity index (χ2v) is 5.66. The van der Waals surface area contributed by atoms with E-state index in [0.29, 0.717) is 26.3 Å². The first-order chi connectivity index (χ1) is 11.6. The summed E-state index contributed by atoms with van der Waals surface area (Å²) in [5, 5.41) is 2.68. The van der Waals surface area contributed by atoms with Crippen LogP contribution in [0.2, 0.25) is 0 Å². The maximum atomic E-state index is 13.7. The predicted molar refractivity (Wildman–Crippen MR) is 82.0 cm³/mol. The van der Waals surface area contributed by atoms with Crippen molar-refractivity contribution in [1.29, 1.82) is 0 Å². The minimum Gasteiger partial charge on any atom is -0.379 e. The van der Waals surface area contributed by atoms with Crippen LogP contribution in [0.4, 0.5) is 4.39 Å². The predicted octanol–water partition coefficient (Wildman–Crippen LogP) is -0.130. The van der Waals surface area contributed by atoms with Gasteiger partial charge in [0.25, 0.3) is 11.8 Å². The standard InChI is InChI=1S/C16H18FN3O4/c17-12-3-1-2-11-14(12)16(23)20(15(11)22)10-13(21)18-4-5-19-6-8-24-9-7-19/h1-3H,4-10H2,(H,18,21). The Balaban J connectivity index is 1.53. The van der Waals surface area contributed by atoms with Crippen LogP contribution in [0, 0.1) is 5.82 Å². The first-order valence-electron chi connectivity index (χ1n) is 7.79. The van der Waals surface area contributed by atoms with Crippen molar-refractivity contribution >= 4 is 17.7 Å². The average molecular weight is 335 g/mol. The molecule has 8 heteroatoms. The lowest BCUT2D eigenvalue weighted by atomic mass is 10.1. The van der Waals surface area contributed by atoms with Gasteiger partial charge in [-0.2, -0.15) is 0 Å². The number of nitrogens with zero attached hydrogens (tertiary/aromatic N) is 2. The Kier molecular flexibility index (Phi) is 4.86. The molecule has 0 atom stereocenters. The second kappa shape index (κ2) is 7.06. The number of carbonyl (C=O) groups is 3. The molecular formula is C16H18FN3O4. The van der Waals surface area contributed by atoms with Crippen LogP contribution < -0.4 is 5.32 Å². The summed E-state index contributed by atoms with van der Waals surface area (Å²) in [5.74, 6) is -2.60. The summed E-state index contributed by atoms with van der Waals surface area (Å²) in [4.78, 5) is 39.2. The Morgan fingerprint density at radius 3 is 2.67 bits per heavy atom. The molecule has 0 aliphatic carbocycles. The topological polar surface area (TPSA) is 79.0 Å². The molecule has 2 aliphatic rings. The van der Waals surface area contributed by atoms with Gasteiger partial charge in [-0.15, -0.1) is 0 Å². The SMILES string of the molecule is O=C(CN1C(=O)c2cccc(F)c2C1=O)NCCN1CCOCC1. The number of hydrogen-bond acceptors (Lipinski definition) is 5. The third-order valence-electron chi connectivity index (χ3n) is 4.10. The average Bonchev–Trinajstić information content (AvgIpc) is 2.82. The smallest absolute Gasteiger partial charge is 0.265 e. The number of carbonyl (C=O) groups excluding carboxylic acids is 3. The normalized spacial score (nSPS) is 18.0. The summed E-state index contributed by atoms with van der Waals surface area (Å²) >= 11 is 0. The van der Waals surface area contributed by atoms with E-state index in [1.54, 1.807) is 0 Å². The van der Waals surface area contributed by atoms with Crippen LogP contribution in [0.25, 0.3) is 0 Å². The van der Waals surface area contributed by atoms with Crippen LogP contribution in [-0.4, -0.2) is 73.5 Å². The first kappa shape index (κ1) is 16.5. The summed E-state index contributed by atoms with van der Waals surface area (Å²) in [6, 6.07) is 3.87. The number of ether oxygens (including phenoxy) is 1.